The number of likely N-dealkylation sites (tertiary alicyclic amines) is 1. The van der Waals surface area contributed by atoms with E-state index in [0.717, 1.165) is 126 Å². The second-order valence-corrected chi connectivity index (χ2v) is 24.1. The summed E-state index contributed by atoms with van der Waals surface area (Å²) in [6.45, 7) is 32.9. The highest BCUT2D eigenvalue weighted by atomic mass is 32.1. The molecular formula is C66H101N11O6S. The summed E-state index contributed by atoms with van der Waals surface area (Å²) in [4.78, 5) is 64.1. The van der Waals surface area contributed by atoms with Crippen LogP contribution in [-0.4, -0.2) is 172 Å². The lowest BCUT2D eigenvalue weighted by Crippen LogP contribution is -2.47. The molecular weight excluding hydrogens is 1070 g/mol. The summed E-state index contributed by atoms with van der Waals surface area (Å²) >= 11 is 1.58. The molecule has 84 heavy (non-hydrogen) atoms. The predicted octanol–water partition coefficient (Wildman–Crippen LogP) is 9.69. The number of anilines is 1. The summed E-state index contributed by atoms with van der Waals surface area (Å²) in [5, 5.41) is 12.1. The minimum absolute atomic E-state index is 0.0404. The Morgan fingerprint density at radius 1 is 0.917 bits per heavy atom. The van der Waals surface area contributed by atoms with E-state index in [-0.39, 0.29) is 23.6 Å². The minimum atomic E-state index is -0.333. The van der Waals surface area contributed by atoms with E-state index >= 15 is 0 Å². The number of ether oxygens (including phenoxy) is 2. The second-order valence-electron chi connectivity index (χ2n) is 23.1. The van der Waals surface area contributed by atoms with Gasteiger partial charge in [0, 0.05) is 130 Å². The summed E-state index contributed by atoms with van der Waals surface area (Å²) < 4.78 is 13.7. The molecule has 5 unspecified atom stereocenters. The molecule has 17 nitrogen and oxygen atoms in total. The maximum Gasteiger partial charge on any atom is 0.293 e. The molecule has 0 spiro atoms. The topological polar surface area (TPSA) is 179 Å². The van der Waals surface area contributed by atoms with Crippen LogP contribution in [0.25, 0.3) is 33.4 Å². The largest absolute Gasteiger partial charge is 0.467 e. The van der Waals surface area contributed by atoms with Crippen molar-refractivity contribution in [3.63, 3.8) is 0 Å². The summed E-state index contributed by atoms with van der Waals surface area (Å²) in [6, 6.07) is 16.0. The molecule has 3 saturated heterocycles. The smallest absolute Gasteiger partial charge is 0.293 e. The molecule has 4 aromatic heterocycles. The van der Waals surface area contributed by atoms with E-state index in [2.05, 4.69) is 150 Å². The van der Waals surface area contributed by atoms with E-state index in [9.17, 15) is 14.4 Å². The van der Waals surface area contributed by atoms with Gasteiger partial charge in [-0.3, -0.25) is 30.0 Å². The summed E-state index contributed by atoms with van der Waals surface area (Å²) in [6.07, 6.45) is 17.7. The summed E-state index contributed by atoms with van der Waals surface area (Å²) in [5.41, 5.74) is 12.5. The van der Waals surface area contributed by atoms with E-state index in [1.165, 1.54) is 44.2 Å². The van der Waals surface area contributed by atoms with Crippen LogP contribution in [0.15, 0.2) is 85.5 Å². The van der Waals surface area contributed by atoms with E-state index in [1.807, 2.05) is 45.4 Å². The summed E-state index contributed by atoms with van der Waals surface area (Å²) in [7, 11) is 9.36. The van der Waals surface area contributed by atoms with Gasteiger partial charge in [-0.05, 0) is 128 Å². The number of carbonyl (C=O) groups is 4. The third-order valence-corrected chi connectivity index (χ3v) is 16.7. The van der Waals surface area contributed by atoms with Gasteiger partial charge in [0.2, 0.25) is 0 Å². The SMILES string of the molecule is C=CC=C.C=O.CC(C)C(C=O)N1CCC(C)C1Cc1ccccn1.CCn1c(-c2cc(N3CCN(C4CC4)CC3)cnc2C(C)OC)c(CC(C)(C)COC=O)c2cc(-c3csc(CC(C=O)NC)n3)ccc21.CN1CCCCN1.CNC. The molecule has 462 valence electrons. The van der Waals surface area contributed by atoms with Crippen molar-refractivity contribution < 1.29 is 28.7 Å². The highest BCUT2D eigenvalue weighted by Gasteiger charge is 2.37. The number of aromatic nitrogens is 4. The lowest BCUT2D eigenvalue weighted by Gasteiger charge is -2.36. The van der Waals surface area contributed by atoms with Gasteiger partial charge in [-0.2, -0.15) is 0 Å². The Bertz CT molecular complexity index is 2730. The molecule has 3 N–H and O–H groups in total. The van der Waals surface area contributed by atoms with E-state index in [0.29, 0.717) is 43.8 Å². The van der Waals surface area contributed by atoms with E-state index in [4.69, 9.17) is 24.2 Å². The number of fused-ring (bicyclic) bond motifs is 1. The van der Waals surface area contributed by atoms with Crippen molar-refractivity contribution in [2.24, 2.45) is 17.3 Å². The first-order chi connectivity index (χ1) is 40.5. The van der Waals surface area contributed by atoms with Crippen LogP contribution in [0.2, 0.25) is 0 Å². The number of aldehydes is 2. The number of allylic oxidation sites excluding steroid dienone is 2. The van der Waals surface area contributed by atoms with Crippen molar-refractivity contribution >= 4 is 53.8 Å². The molecule has 0 radical (unpaired) electrons. The molecule has 4 aliphatic rings. The first kappa shape index (κ1) is 70.7. The van der Waals surface area contributed by atoms with Gasteiger partial charge in [0.25, 0.3) is 6.47 Å². The quantitative estimate of drug-likeness (QED) is 0.0440. The number of benzene rings is 1. The molecule has 18 heteroatoms. The standard InChI is InChI=1S/C38H50N6O4S.C16H24N2O.C5H12N2.C4H6.C2H7N.CH2O/c1-7-44-34-11-8-26(33-22-49-35(41-33)17-27(21-45)39-5)16-30(34)32(19-38(3,4)23-48-24-46)37(44)31-18-29(20-40-36(31)25(2)47-6)43-14-12-42(13-15-43)28-9-10-28;1-12(2)16(11-19)18-9-7-13(3)15(18)10-14-6-4-5-8-17-14;1-7-5-3-2-4-6-7;1-3-4-2;1-3-2;1-2/h8,11,16,18,20-22,24-25,27-28,39H,7,9-10,12-15,17,19,23H2,1-6H3;4-6,8,11-13,15-16H,7,9-10H2,1-3H3;6H,2-5H2,1H3;3-4H,1-2H2;3H,1-2H3;1H2. The number of nitrogens with one attached hydrogen (secondary N) is 3. The van der Waals surface area contributed by atoms with Crippen molar-refractivity contribution in [3.8, 4) is 22.5 Å². The number of piperazine rings is 1. The molecule has 0 bridgehead atoms. The van der Waals surface area contributed by atoms with Crippen LogP contribution in [0.4, 0.5) is 5.69 Å². The first-order valence-corrected chi connectivity index (χ1v) is 30.9. The number of hydrogen-bond acceptors (Lipinski definition) is 17. The molecule has 5 atom stereocenters. The van der Waals surface area contributed by atoms with E-state index < -0.39 is 0 Å². The second kappa shape index (κ2) is 36.9. The molecule has 0 amide bonds. The van der Waals surface area contributed by atoms with Crippen LogP contribution < -0.4 is 21.0 Å². The number of carbonyl (C=O) groups excluding carboxylic acids is 4. The molecule has 9 rings (SSSR count). The van der Waals surface area contributed by atoms with Crippen molar-refractivity contribution in [2.75, 3.05) is 92.6 Å². The number of methoxy groups -OCH3 is 1. The first-order valence-electron chi connectivity index (χ1n) is 30.0. The number of pyridine rings is 2. The van der Waals surface area contributed by atoms with Gasteiger partial charge in [0.15, 0.2) is 0 Å². The van der Waals surface area contributed by atoms with Gasteiger partial charge >= 0.3 is 0 Å². The van der Waals surface area contributed by atoms with Crippen LogP contribution >= 0.6 is 11.3 Å². The molecule has 3 aliphatic heterocycles. The zero-order valence-corrected chi connectivity index (χ0v) is 53.6. The Morgan fingerprint density at radius 3 is 2.17 bits per heavy atom. The number of thiazole rings is 1. The highest BCUT2D eigenvalue weighted by molar-refractivity contribution is 7.10. The molecule has 5 aromatic rings. The minimum Gasteiger partial charge on any atom is -0.467 e. The van der Waals surface area contributed by atoms with E-state index in [1.54, 1.807) is 37.6 Å². The fourth-order valence-electron chi connectivity index (χ4n) is 11.1. The number of hydrogen-bond donors (Lipinski definition) is 3. The number of nitrogens with zero attached hydrogens (tertiary/aromatic N) is 8. The van der Waals surface area contributed by atoms with Crippen molar-refractivity contribution in [2.45, 2.75) is 137 Å². The van der Waals surface area contributed by atoms with Gasteiger partial charge in [-0.25, -0.2) is 9.99 Å². The average Bonchev–Trinajstić information content (AvgIpc) is 3.15. The Morgan fingerprint density at radius 2 is 1.63 bits per heavy atom. The number of likely N-dealkylation sites (N-methyl/N-ethyl adjacent to an activating group) is 1. The maximum atomic E-state index is 11.5. The van der Waals surface area contributed by atoms with Crippen LogP contribution in [0.5, 0.6) is 0 Å². The number of hydrazine groups is 1. The van der Waals surface area contributed by atoms with Gasteiger partial charge in [-0.15, -0.1) is 11.3 Å². The zero-order valence-electron chi connectivity index (χ0n) is 52.8. The Kier molecular flexibility index (Phi) is 31.0. The van der Waals surface area contributed by atoms with Gasteiger partial charge in [-0.1, -0.05) is 72.1 Å². The predicted molar refractivity (Wildman–Crippen MR) is 346 cm³/mol. The fourth-order valence-corrected chi connectivity index (χ4v) is 11.9. The van der Waals surface area contributed by atoms with Gasteiger partial charge in [0.1, 0.15) is 19.4 Å². The fraction of sp³-hybridized carbons (Fsp3) is 0.561. The molecule has 4 fully saturated rings. The number of aryl methyl sites for hydroxylation is 1. The monoisotopic (exact) mass is 1180 g/mol. The normalized spacial score (nSPS) is 18.3. The average molecular weight is 1180 g/mol. The van der Waals surface area contributed by atoms with Crippen LogP contribution in [-0.2, 0) is 54.5 Å². The third kappa shape index (κ3) is 20.7. The Labute approximate surface area is 507 Å². The van der Waals surface area contributed by atoms with Crippen molar-refractivity contribution in [1.82, 2.24) is 50.4 Å². The van der Waals surface area contributed by atoms with Crippen LogP contribution in [0.1, 0.15) is 109 Å². The Balaban J connectivity index is 0.000000351. The lowest BCUT2D eigenvalue weighted by atomic mass is 9.84. The third-order valence-electron chi connectivity index (χ3n) is 15.8. The molecule has 7 heterocycles. The zero-order chi connectivity index (χ0) is 61.8. The highest BCUT2D eigenvalue weighted by Crippen LogP contribution is 2.43. The molecule has 1 aromatic carbocycles. The molecule has 1 aliphatic carbocycles. The summed E-state index contributed by atoms with van der Waals surface area (Å²) in [5.74, 6) is 0.997. The lowest BCUT2D eigenvalue weighted by molar-refractivity contribution is -0.131. The van der Waals surface area contributed by atoms with Gasteiger partial charge < -0.3 is 44.0 Å². The van der Waals surface area contributed by atoms with Crippen LogP contribution in [0.3, 0.4) is 0 Å². The number of rotatable bonds is 22. The molecule has 1 saturated carbocycles. The van der Waals surface area contributed by atoms with Gasteiger partial charge in [0.05, 0.1) is 58.8 Å². The van der Waals surface area contributed by atoms with Crippen molar-refractivity contribution in [1.29, 1.82) is 0 Å². The van der Waals surface area contributed by atoms with Crippen molar-refractivity contribution in [3.05, 3.63) is 108 Å². The maximum absolute atomic E-state index is 11.5. The van der Waals surface area contributed by atoms with Crippen LogP contribution in [0, 0.1) is 17.3 Å². The Hall–Kier alpha value is -5.83.